The van der Waals surface area contributed by atoms with Gasteiger partial charge in [-0.3, -0.25) is 0 Å². The lowest BCUT2D eigenvalue weighted by molar-refractivity contribution is 0.680. The van der Waals surface area contributed by atoms with Crippen molar-refractivity contribution in [3.8, 4) is 0 Å². The molecular formula is C11H14N2. The molecule has 1 heterocycles. The van der Waals surface area contributed by atoms with Gasteiger partial charge >= 0.3 is 0 Å². The Hall–Kier alpha value is -0.920. The largest absolute Gasteiger partial charge is 0.238 e. The van der Waals surface area contributed by atoms with Gasteiger partial charge in [-0.1, -0.05) is 0 Å². The van der Waals surface area contributed by atoms with E-state index in [0.29, 0.717) is 0 Å². The maximum atomic E-state index is 4.59. The van der Waals surface area contributed by atoms with Gasteiger partial charge in [0.05, 0.1) is 5.69 Å². The Bertz CT molecular complexity index is 371. The van der Waals surface area contributed by atoms with E-state index in [0.717, 1.165) is 17.7 Å². The zero-order chi connectivity index (χ0) is 9.00. The standard InChI is InChI=1S/C11H14N2/c1-6-10-8-3-4-9(5-8)11(10)13-7(2)12-6/h8-9H,3-5H2,1-2H3/t8-,9+/m1/s1. The summed E-state index contributed by atoms with van der Waals surface area (Å²) in [5, 5.41) is 0. The monoisotopic (exact) mass is 174 g/mol. The van der Waals surface area contributed by atoms with Crippen LogP contribution in [0.1, 0.15) is 53.9 Å². The van der Waals surface area contributed by atoms with Crippen molar-refractivity contribution in [2.75, 3.05) is 0 Å². The minimum atomic E-state index is 0.764. The molecule has 0 radical (unpaired) electrons. The average Bonchev–Trinajstić information content (AvgIpc) is 2.62. The van der Waals surface area contributed by atoms with Gasteiger partial charge in [0, 0.05) is 11.6 Å². The maximum absolute atomic E-state index is 4.59. The molecule has 2 nitrogen and oxygen atoms in total. The van der Waals surface area contributed by atoms with Crippen LogP contribution in [-0.4, -0.2) is 9.97 Å². The van der Waals surface area contributed by atoms with Crippen molar-refractivity contribution in [3.05, 3.63) is 22.8 Å². The fourth-order valence-corrected chi connectivity index (χ4v) is 3.06. The van der Waals surface area contributed by atoms with Crippen molar-refractivity contribution in [3.63, 3.8) is 0 Å². The first-order valence-corrected chi connectivity index (χ1v) is 5.10. The van der Waals surface area contributed by atoms with E-state index < -0.39 is 0 Å². The Morgan fingerprint density at radius 2 is 1.85 bits per heavy atom. The van der Waals surface area contributed by atoms with E-state index in [9.17, 15) is 0 Å². The van der Waals surface area contributed by atoms with Crippen molar-refractivity contribution < 1.29 is 0 Å². The Kier molecular flexibility index (Phi) is 1.33. The van der Waals surface area contributed by atoms with Crippen LogP contribution < -0.4 is 0 Å². The number of hydrogen-bond donors (Lipinski definition) is 0. The van der Waals surface area contributed by atoms with Gasteiger partial charge in [-0.25, -0.2) is 9.97 Å². The first kappa shape index (κ1) is 7.48. The molecule has 2 aliphatic rings. The van der Waals surface area contributed by atoms with Crippen LogP contribution in [-0.2, 0) is 0 Å². The van der Waals surface area contributed by atoms with Crippen LogP contribution in [0.2, 0.25) is 0 Å². The Labute approximate surface area is 78.4 Å². The molecule has 1 fully saturated rings. The quantitative estimate of drug-likeness (QED) is 0.603. The molecule has 3 rings (SSSR count). The summed E-state index contributed by atoms with van der Waals surface area (Å²) < 4.78 is 0. The lowest BCUT2D eigenvalue weighted by atomic mass is 9.95. The average molecular weight is 174 g/mol. The van der Waals surface area contributed by atoms with Crippen molar-refractivity contribution in [2.45, 2.75) is 44.9 Å². The van der Waals surface area contributed by atoms with Crippen LogP contribution in [0, 0.1) is 13.8 Å². The summed E-state index contributed by atoms with van der Waals surface area (Å²) in [5.41, 5.74) is 4.10. The van der Waals surface area contributed by atoms with Crippen LogP contribution in [0.5, 0.6) is 0 Å². The molecule has 1 aromatic heterocycles. The molecule has 2 bridgehead atoms. The van der Waals surface area contributed by atoms with Crippen LogP contribution in [0.4, 0.5) is 0 Å². The third kappa shape index (κ3) is 0.888. The molecule has 13 heavy (non-hydrogen) atoms. The third-order valence-corrected chi connectivity index (χ3v) is 3.51. The van der Waals surface area contributed by atoms with Crippen LogP contribution in [0.15, 0.2) is 0 Å². The minimum absolute atomic E-state index is 0.764. The van der Waals surface area contributed by atoms with E-state index in [-0.39, 0.29) is 0 Å². The minimum Gasteiger partial charge on any atom is -0.238 e. The summed E-state index contributed by atoms with van der Waals surface area (Å²) in [6.45, 7) is 4.13. The van der Waals surface area contributed by atoms with Gasteiger partial charge in [0.2, 0.25) is 0 Å². The molecule has 2 heteroatoms. The van der Waals surface area contributed by atoms with Gasteiger partial charge in [0.25, 0.3) is 0 Å². The molecule has 1 aromatic rings. The van der Waals surface area contributed by atoms with Crippen LogP contribution in [0.25, 0.3) is 0 Å². The first-order chi connectivity index (χ1) is 6.25. The lowest BCUT2D eigenvalue weighted by Crippen LogP contribution is -2.07. The SMILES string of the molecule is Cc1nc(C)c2c(n1)[C@H]1CC[C@@H]2C1. The van der Waals surface area contributed by atoms with Crippen molar-refractivity contribution in [2.24, 2.45) is 0 Å². The summed E-state index contributed by atoms with van der Waals surface area (Å²) in [6, 6.07) is 0. The predicted molar refractivity (Wildman–Crippen MR) is 50.8 cm³/mol. The molecular weight excluding hydrogens is 160 g/mol. The molecule has 0 unspecified atom stereocenters. The molecule has 0 spiro atoms. The molecule has 68 valence electrons. The fourth-order valence-electron chi connectivity index (χ4n) is 3.06. The van der Waals surface area contributed by atoms with Gasteiger partial charge < -0.3 is 0 Å². The maximum Gasteiger partial charge on any atom is 0.125 e. The number of aromatic nitrogens is 2. The van der Waals surface area contributed by atoms with E-state index >= 15 is 0 Å². The molecule has 2 atom stereocenters. The van der Waals surface area contributed by atoms with E-state index in [1.165, 1.54) is 36.2 Å². The first-order valence-electron chi connectivity index (χ1n) is 5.10. The topological polar surface area (TPSA) is 25.8 Å². The molecule has 0 saturated heterocycles. The number of aryl methyl sites for hydroxylation is 2. The molecule has 0 aliphatic heterocycles. The number of rotatable bonds is 0. The Morgan fingerprint density at radius 3 is 2.69 bits per heavy atom. The Balaban J connectivity index is 2.26. The summed E-state index contributed by atoms with van der Waals surface area (Å²) in [4.78, 5) is 9.04. The second kappa shape index (κ2) is 2.31. The van der Waals surface area contributed by atoms with E-state index in [1.54, 1.807) is 0 Å². The molecule has 0 N–H and O–H groups in total. The van der Waals surface area contributed by atoms with Gasteiger partial charge in [-0.05, 0) is 44.6 Å². The molecule has 2 aliphatic carbocycles. The second-order valence-corrected chi connectivity index (χ2v) is 4.36. The third-order valence-electron chi connectivity index (χ3n) is 3.51. The summed E-state index contributed by atoms with van der Waals surface area (Å²) in [5.74, 6) is 2.50. The normalized spacial score (nSPS) is 29.4. The summed E-state index contributed by atoms with van der Waals surface area (Å²) in [6.07, 6.45) is 4.06. The van der Waals surface area contributed by atoms with Gasteiger partial charge in [-0.2, -0.15) is 0 Å². The van der Waals surface area contributed by atoms with Crippen molar-refractivity contribution in [1.82, 2.24) is 9.97 Å². The molecule has 0 amide bonds. The highest BCUT2D eigenvalue weighted by Gasteiger charge is 2.39. The molecule has 0 aromatic carbocycles. The van der Waals surface area contributed by atoms with Gasteiger partial charge in [0.15, 0.2) is 0 Å². The highest BCUT2D eigenvalue weighted by Crippen LogP contribution is 2.52. The smallest absolute Gasteiger partial charge is 0.125 e. The van der Waals surface area contributed by atoms with E-state index in [4.69, 9.17) is 0 Å². The van der Waals surface area contributed by atoms with Crippen LogP contribution >= 0.6 is 0 Å². The zero-order valence-corrected chi connectivity index (χ0v) is 8.17. The van der Waals surface area contributed by atoms with Crippen molar-refractivity contribution >= 4 is 0 Å². The number of hydrogen-bond acceptors (Lipinski definition) is 2. The highest BCUT2D eigenvalue weighted by molar-refractivity contribution is 5.39. The Morgan fingerprint density at radius 1 is 1.08 bits per heavy atom. The fraction of sp³-hybridized carbons (Fsp3) is 0.636. The highest BCUT2D eigenvalue weighted by atomic mass is 14.9. The van der Waals surface area contributed by atoms with E-state index in [2.05, 4.69) is 16.9 Å². The predicted octanol–water partition coefficient (Wildman–Crippen LogP) is 2.46. The second-order valence-electron chi connectivity index (χ2n) is 4.36. The number of fused-ring (bicyclic) bond motifs is 5. The van der Waals surface area contributed by atoms with Gasteiger partial charge in [-0.15, -0.1) is 0 Å². The van der Waals surface area contributed by atoms with E-state index in [1.807, 2.05) is 6.92 Å². The zero-order valence-electron chi connectivity index (χ0n) is 8.17. The number of nitrogens with zero attached hydrogens (tertiary/aromatic N) is 2. The van der Waals surface area contributed by atoms with Crippen LogP contribution in [0.3, 0.4) is 0 Å². The lowest BCUT2D eigenvalue weighted by Gasteiger charge is -2.15. The molecule has 1 saturated carbocycles. The summed E-state index contributed by atoms with van der Waals surface area (Å²) >= 11 is 0. The van der Waals surface area contributed by atoms with Crippen molar-refractivity contribution in [1.29, 1.82) is 0 Å². The summed E-state index contributed by atoms with van der Waals surface area (Å²) in [7, 11) is 0. The van der Waals surface area contributed by atoms with Gasteiger partial charge in [0.1, 0.15) is 5.82 Å².